The standard InChI is InChI=1S/C16H11ClF3N3OS/c17-11-6-15(25-23-16-21-3-4-24-16)13(20)7-14(11)22-8-9-5-10(18)1-2-12(9)19/h1-7,22H,8H2,(H,21,23). The molecular formula is C16H11ClF3N3OS. The lowest BCUT2D eigenvalue weighted by molar-refractivity contribution is 0.580. The molecule has 0 fully saturated rings. The highest BCUT2D eigenvalue weighted by molar-refractivity contribution is 8.00. The minimum atomic E-state index is -0.562. The largest absolute Gasteiger partial charge is 0.432 e. The molecule has 1 heterocycles. The SMILES string of the molecule is Fc1ccc(F)c(CNc2cc(F)c(SNc3ncco3)cc2Cl)c1. The predicted octanol–water partition coefficient (Wildman–Crippen LogP) is 5.48. The second kappa shape index (κ2) is 7.71. The zero-order valence-corrected chi connectivity index (χ0v) is 14.1. The van der Waals surface area contributed by atoms with Crippen LogP contribution in [0.15, 0.2) is 52.1 Å². The summed E-state index contributed by atoms with van der Waals surface area (Å²) in [6.07, 6.45) is 2.83. The topological polar surface area (TPSA) is 50.1 Å². The summed E-state index contributed by atoms with van der Waals surface area (Å²) in [4.78, 5) is 4.07. The van der Waals surface area contributed by atoms with E-state index in [0.717, 1.165) is 30.1 Å². The maximum atomic E-state index is 14.2. The second-order valence-electron chi connectivity index (χ2n) is 4.89. The number of hydrogen-bond acceptors (Lipinski definition) is 5. The highest BCUT2D eigenvalue weighted by Crippen LogP contribution is 2.32. The Bertz CT molecular complexity index is 877. The molecule has 0 unspecified atom stereocenters. The molecule has 0 atom stereocenters. The second-order valence-corrected chi connectivity index (χ2v) is 6.15. The Morgan fingerprint density at radius 1 is 1.12 bits per heavy atom. The van der Waals surface area contributed by atoms with E-state index in [4.69, 9.17) is 16.0 Å². The van der Waals surface area contributed by atoms with Crippen molar-refractivity contribution < 1.29 is 17.6 Å². The molecule has 2 aromatic carbocycles. The van der Waals surface area contributed by atoms with Gasteiger partial charge in [0.2, 0.25) is 0 Å². The van der Waals surface area contributed by atoms with Gasteiger partial charge in [-0.1, -0.05) is 11.6 Å². The lowest BCUT2D eigenvalue weighted by atomic mass is 10.2. The Hall–Kier alpha value is -2.32. The molecule has 0 saturated heterocycles. The smallest absolute Gasteiger partial charge is 0.305 e. The Morgan fingerprint density at radius 3 is 2.72 bits per heavy atom. The van der Waals surface area contributed by atoms with E-state index in [0.29, 0.717) is 0 Å². The van der Waals surface area contributed by atoms with Gasteiger partial charge in [-0.05, 0) is 42.3 Å². The molecular weight excluding hydrogens is 375 g/mol. The van der Waals surface area contributed by atoms with Crippen LogP contribution in [0.25, 0.3) is 0 Å². The number of oxazole rings is 1. The molecule has 0 aliphatic carbocycles. The summed E-state index contributed by atoms with van der Waals surface area (Å²) < 4.78 is 48.7. The van der Waals surface area contributed by atoms with Crippen LogP contribution >= 0.6 is 23.5 Å². The number of nitrogens with one attached hydrogen (secondary N) is 2. The van der Waals surface area contributed by atoms with E-state index in [9.17, 15) is 13.2 Å². The van der Waals surface area contributed by atoms with Gasteiger partial charge in [0, 0.05) is 12.1 Å². The van der Waals surface area contributed by atoms with Gasteiger partial charge >= 0.3 is 6.01 Å². The van der Waals surface area contributed by atoms with Crippen LogP contribution in [0.1, 0.15) is 5.56 Å². The Kier molecular flexibility index (Phi) is 5.40. The minimum absolute atomic E-state index is 0.0379. The Labute approximate surface area is 150 Å². The van der Waals surface area contributed by atoms with Gasteiger partial charge in [0.25, 0.3) is 0 Å². The first-order chi connectivity index (χ1) is 12.0. The molecule has 0 spiro atoms. The summed E-state index contributed by atoms with van der Waals surface area (Å²) in [5, 5.41) is 3.03. The van der Waals surface area contributed by atoms with Gasteiger partial charge in [0.15, 0.2) is 0 Å². The van der Waals surface area contributed by atoms with Crippen molar-refractivity contribution >= 4 is 35.3 Å². The number of halogens is 4. The molecule has 0 bridgehead atoms. The highest BCUT2D eigenvalue weighted by atomic mass is 35.5. The van der Waals surface area contributed by atoms with Crippen molar-refractivity contribution in [1.29, 1.82) is 0 Å². The van der Waals surface area contributed by atoms with Gasteiger partial charge in [-0.3, -0.25) is 4.72 Å². The molecule has 0 aliphatic rings. The van der Waals surface area contributed by atoms with Gasteiger partial charge in [0.1, 0.15) is 23.7 Å². The first kappa shape index (κ1) is 17.5. The van der Waals surface area contributed by atoms with E-state index < -0.39 is 17.5 Å². The third kappa shape index (κ3) is 4.40. The minimum Gasteiger partial charge on any atom is -0.432 e. The molecule has 3 aromatic rings. The summed E-state index contributed by atoms with van der Waals surface area (Å²) in [5.74, 6) is -1.66. The summed E-state index contributed by atoms with van der Waals surface area (Å²) in [5.41, 5.74) is 0.379. The molecule has 3 rings (SSSR count). The zero-order valence-electron chi connectivity index (χ0n) is 12.5. The molecule has 0 radical (unpaired) electrons. The van der Waals surface area contributed by atoms with Gasteiger partial charge < -0.3 is 9.73 Å². The van der Waals surface area contributed by atoms with Crippen molar-refractivity contribution in [3.05, 3.63) is 70.8 Å². The van der Waals surface area contributed by atoms with Crippen LogP contribution in [0.5, 0.6) is 0 Å². The molecule has 0 amide bonds. The van der Waals surface area contributed by atoms with Crippen LogP contribution in [-0.4, -0.2) is 4.98 Å². The summed E-state index contributed by atoms with van der Waals surface area (Å²) >= 11 is 7.07. The Morgan fingerprint density at radius 2 is 1.96 bits per heavy atom. The van der Waals surface area contributed by atoms with E-state index in [1.54, 1.807) is 0 Å². The number of hydrogen-bond donors (Lipinski definition) is 2. The van der Waals surface area contributed by atoms with Crippen molar-refractivity contribution in [2.24, 2.45) is 0 Å². The molecule has 1 aromatic heterocycles. The van der Waals surface area contributed by atoms with Crippen molar-refractivity contribution in [3.63, 3.8) is 0 Å². The van der Waals surface area contributed by atoms with Gasteiger partial charge in [-0.25, -0.2) is 18.2 Å². The van der Waals surface area contributed by atoms with E-state index >= 15 is 0 Å². The van der Waals surface area contributed by atoms with Gasteiger partial charge in [-0.2, -0.15) is 0 Å². The maximum Gasteiger partial charge on any atom is 0.305 e. The monoisotopic (exact) mass is 385 g/mol. The fraction of sp³-hybridized carbons (Fsp3) is 0.0625. The van der Waals surface area contributed by atoms with Crippen LogP contribution in [0.4, 0.5) is 24.9 Å². The van der Waals surface area contributed by atoms with E-state index in [1.165, 1.54) is 24.6 Å². The third-order valence-corrected chi connectivity index (χ3v) is 4.30. The maximum absolute atomic E-state index is 14.2. The highest BCUT2D eigenvalue weighted by Gasteiger charge is 2.11. The predicted molar refractivity (Wildman–Crippen MR) is 91.1 cm³/mol. The summed E-state index contributed by atoms with van der Waals surface area (Å²) in [6, 6.07) is 5.93. The number of aromatic nitrogens is 1. The molecule has 2 N–H and O–H groups in total. The molecule has 130 valence electrons. The van der Waals surface area contributed by atoms with E-state index in [-0.39, 0.29) is 33.7 Å². The van der Waals surface area contributed by atoms with Crippen LogP contribution in [0.3, 0.4) is 0 Å². The fourth-order valence-electron chi connectivity index (χ4n) is 1.98. The first-order valence-corrected chi connectivity index (χ1v) is 8.21. The lowest BCUT2D eigenvalue weighted by Crippen LogP contribution is -2.04. The van der Waals surface area contributed by atoms with Crippen LogP contribution in [0, 0.1) is 17.5 Å². The summed E-state index contributed by atoms with van der Waals surface area (Å²) in [6.45, 7) is -0.0379. The lowest BCUT2D eigenvalue weighted by Gasteiger charge is -2.11. The molecule has 9 heteroatoms. The van der Waals surface area contributed by atoms with Crippen LogP contribution < -0.4 is 10.0 Å². The van der Waals surface area contributed by atoms with Crippen LogP contribution in [-0.2, 0) is 6.54 Å². The average Bonchev–Trinajstić information content (AvgIpc) is 3.10. The number of anilines is 2. The third-order valence-electron chi connectivity index (χ3n) is 3.18. The van der Waals surface area contributed by atoms with Gasteiger partial charge in [0.05, 0.1) is 21.8 Å². The van der Waals surface area contributed by atoms with Crippen LogP contribution in [0.2, 0.25) is 5.02 Å². The Balaban J connectivity index is 1.70. The van der Waals surface area contributed by atoms with Crippen molar-refractivity contribution in [2.45, 2.75) is 11.4 Å². The summed E-state index contributed by atoms with van der Waals surface area (Å²) in [7, 11) is 0. The first-order valence-electron chi connectivity index (χ1n) is 7.02. The van der Waals surface area contributed by atoms with Crippen molar-refractivity contribution in [3.8, 4) is 0 Å². The van der Waals surface area contributed by atoms with Gasteiger partial charge in [-0.15, -0.1) is 0 Å². The van der Waals surface area contributed by atoms with Crippen molar-refractivity contribution in [1.82, 2.24) is 4.98 Å². The number of benzene rings is 2. The van der Waals surface area contributed by atoms with E-state index in [1.807, 2.05) is 0 Å². The average molecular weight is 386 g/mol. The van der Waals surface area contributed by atoms with E-state index in [2.05, 4.69) is 15.0 Å². The number of nitrogens with zero attached hydrogens (tertiary/aromatic N) is 1. The van der Waals surface area contributed by atoms with Crippen molar-refractivity contribution in [2.75, 3.05) is 10.0 Å². The normalized spacial score (nSPS) is 10.7. The zero-order chi connectivity index (χ0) is 17.8. The quantitative estimate of drug-likeness (QED) is 0.550. The fourth-order valence-corrected chi connectivity index (χ4v) is 2.91. The molecule has 25 heavy (non-hydrogen) atoms. The number of rotatable bonds is 6. The molecule has 0 saturated carbocycles. The molecule has 0 aliphatic heterocycles. The molecule has 4 nitrogen and oxygen atoms in total.